The van der Waals surface area contributed by atoms with Gasteiger partial charge in [0, 0.05) is 19.2 Å². The first-order valence-electron chi connectivity index (χ1n) is 8.85. The van der Waals surface area contributed by atoms with Crippen molar-refractivity contribution in [2.45, 2.75) is 19.9 Å². The summed E-state index contributed by atoms with van der Waals surface area (Å²) in [6, 6.07) is 16.9. The smallest absolute Gasteiger partial charge is 0.255 e. The van der Waals surface area contributed by atoms with Crippen molar-refractivity contribution >= 4 is 11.8 Å². The normalized spacial score (nSPS) is 10.4. The van der Waals surface area contributed by atoms with Crippen LogP contribution in [0.3, 0.4) is 0 Å². The van der Waals surface area contributed by atoms with Crippen molar-refractivity contribution in [2.75, 3.05) is 7.05 Å². The van der Waals surface area contributed by atoms with E-state index in [9.17, 15) is 9.59 Å². The molecule has 2 aromatic carbocycles. The first kappa shape index (κ1) is 18.4. The molecule has 2 amide bonds. The summed E-state index contributed by atoms with van der Waals surface area (Å²) in [6.07, 6.45) is 2.30. The number of nitrogens with one attached hydrogen (secondary N) is 2. The molecule has 2 N–H and O–H groups in total. The van der Waals surface area contributed by atoms with E-state index in [2.05, 4.69) is 15.7 Å². The Labute approximate surface area is 158 Å². The molecule has 6 heteroatoms. The molecule has 0 unspecified atom stereocenters. The van der Waals surface area contributed by atoms with Gasteiger partial charge in [0.15, 0.2) is 0 Å². The molecular formula is C21H22N4O2. The molecule has 27 heavy (non-hydrogen) atoms. The molecule has 0 aliphatic rings. The van der Waals surface area contributed by atoms with Gasteiger partial charge < -0.3 is 10.6 Å². The maximum absolute atomic E-state index is 12.6. The van der Waals surface area contributed by atoms with E-state index in [0.717, 1.165) is 16.9 Å². The maximum Gasteiger partial charge on any atom is 0.255 e. The number of hydrogen-bond donors (Lipinski definition) is 2. The minimum atomic E-state index is -0.163. The van der Waals surface area contributed by atoms with Crippen molar-refractivity contribution in [1.82, 2.24) is 20.4 Å². The van der Waals surface area contributed by atoms with E-state index in [1.165, 1.54) is 0 Å². The molecule has 1 heterocycles. The van der Waals surface area contributed by atoms with Crippen LogP contribution in [0.25, 0.3) is 5.69 Å². The van der Waals surface area contributed by atoms with Gasteiger partial charge in [-0.15, -0.1) is 0 Å². The SMILES string of the molecule is CCc1c(C(=O)NCc2ccc(C(=O)NC)cc2)cnn1-c1ccccc1. The molecular weight excluding hydrogens is 340 g/mol. The Hall–Kier alpha value is -3.41. The lowest BCUT2D eigenvalue weighted by Crippen LogP contribution is -2.24. The van der Waals surface area contributed by atoms with Gasteiger partial charge >= 0.3 is 0 Å². The lowest BCUT2D eigenvalue weighted by molar-refractivity contribution is 0.0945. The van der Waals surface area contributed by atoms with E-state index >= 15 is 0 Å². The second-order valence-electron chi connectivity index (χ2n) is 6.06. The highest BCUT2D eigenvalue weighted by molar-refractivity contribution is 5.95. The first-order valence-corrected chi connectivity index (χ1v) is 8.85. The third kappa shape index (κ3) is 4.06. The van der Waals surface area contributed by atoms with Crippen LogP contribution in [0, 0.1) is 0 Å². The highest BCUT2D eigenvalue weighted by Crippen LogP contribution is 2.16. The Bertz CT molecular complexity index is 931. The fourth-order valence-electron chi connectivity index (χ4n) is 2.89. The van der Waals surface area contributed by atoms with Crippen molar-refractivity contribution in [3.8, 4) is 5.69 Å². The van der Waals surface area contributed by atoms with Crippen LogP contribution in [-0.2, 0) is 13.0 Å². The second-order valence-corrected chi connectivity index (χ2v) is 6.06. The van der Waals surface area contributed by atoms with Crippen molar-refractivity contribution < 1.29 is 9.59 Å². The van der Waals surface area contributed by atoms with Crippen LogP contribution in [0.15, 0.2) is 60.8 Å². The number of hydrogen-bond acceptors (Lipinski definition) is 3. The van der Waals surface area contributed by atoms with Crippen LogP contribution in [-0.4, -0.2) is 28.6 Å². The zero-order chi connectivity index (χ0) is 19.2. The maximum atomic E-state index is 12.6. The summed E-state index contributed by atoms with van der Waals surface area (Å²) in [4.78, 5) is 24.2. The van der Waals surface area contributed by atoms with Crippen molar-refractivity contribution in [2.24, 2.45) is 0 Å². The van der Waals surface area contributed by atoms with Crippen molar-refractivity contribution in [3.63, 3.8) is 0 Å². The Morgan fingerprint density at radius 1 is 1.00 bits per heavy atom. The molecule has 6 nitrogen and oxygen atoms in total. The standard InChI is InChI=1S/C21H22N4O2/c1-3-19-18(14-24-25(19)17-7-5-4-6-8-17)21(27)23-13-15-9-11-16(12-10-15)20(26)22-2/h4-12,14H,3,13H2,1-2H3,(H,22,26)(H,23,27). The van der Waals surface area contributed by atoms with E-state index in [4.69, 9.17) is 0 Å². The van der Waals surface area contributed by atoms with Gasteiger partial charge in [0.1, 0.15) is 0 Å². The molecule has 1 aromatic heterocycles. The van der Waals surface area contributed by atoms with Gasteiger partial charge in [-0.25, -0.2) is 4.68 Å². The molecule has 0 radical (unpaired) electrons. The van der Waals surface area contributed by atoms with E-state index < -0.39 is 0 Å². The predicted octanol–water partition coefficient (Wildman–Crippen LogP) is 2.72. The predicted molar refractivity (Wildman–Crippen MR) is 104 cm³/mol. The van der Waals surface area contributed by atoms with Gasteiger partial charge in [-0.3, -0.25) is 9.59 Å². The summed E-state index contributed by atoms with van der Waals surface area (Å²) in [7, 11) is 1.59. The molecule has 138 valence electrons. The Morgan fingerprint density at radius 3 is 2.33 bits per heavy atom. The average molecular weight is 362 g/mol. The zero-order valence-corrected chi connectivity index (χ0v) is 15.4. The number of carbonyl (C=O) groups is 2. The summed E-state index contributed by atoms with van der Waals surface area (Å²) >= 11 is 0. The van der Waals surface area contributed by atoms with Crippen LogP contribution >= 0.6 is 0 Å². The average Bonchev–Trinajstić information content (AvgIpc) is 3.16. The lowest BCUT2D eigenvalue weighted by Gasteiger charge is -2.09. The zero-order valence-electron chi connectivity index (χ0n) is 15.4. The summed E-state index contributed by atoms with van der Waals surface area (Å²) in [5.41, 5.74) is 3.88. The molecule has 3 aromatic rings. The van der Waals surface area contributed by atoms with Crippen LogP contribution in [0.4, 0.5) is 0 Å². The fraction of sp³-hybridized carbons (Fsp3) is 0.190. The highest BCUT2D eigenvalue weighted by atomic mass is 16.2. The number of carbonyl (C=O) groups excluding carboxylic acids is 2. The Balaban J connectivity index is 1.71. The molecule has 0 fully saturated rings. The lowest BCUT2D eigenvalue weighted by atomic mass is 10.1. The van der Waals surface area contributed by atoms with E-state index in [1.54, 1.807) is 30.1 Å². The van der Waals surface area contributed by atoms with E-state index in [-0.39, 0.29) is 11.8 Å². The minimum Gasteiger partial charge on any atom is -0.355 e. The molecule has 0 spiro atoms. The van der Waals surface area contributed by atoms with E-state index in [1.807, 2.05) is 49.4 Å². The molecule has 0 aliphatic heterocycles. The van der Waals surface area contributed by atoms with Crippen LogP contribution in [0.1, 0.15) is 38.9 Å². The minimum absolute atomic E-state index is 0.133. The highest BCUT2D eigenvalue weighted by Gasteiger charge is 2.17. The van der Waals surface area contributed by atoms with Gasteiger partial charge in [0.05, 0.1) is 23.1 Å². The van der Waals surface area contributed by atoms with Crippen molar-refractivity contribution in [3.05, 3.63) is 83.2 Å². The monoisotopic (exact) mass is 362 g/mol. The number of amides is 2. The number of rotatable bonds is 6. The quantitative estimate of drug-likeness (QED) is 0.708. The number of benzene rings is 2. The third-order valence-corrected chi connectivity index (χ3v) is 4.35. The molecule has 0 saturated carbocycles. The first-order chi connectivity index (χ1) is 13.1. The molecule has 0 atom stereocenters. The molecule has 0 aliphatic carbocycles. The summed E-state index contributed by atoms with van der Waals surface area (Å²) in [6.45, 7) is 2.39. The van der Waals surface area contributed by atoms with Gasteiger partial charge in [0.25, 0.3) is 11.8 Å². The Morgan fingerprint density at radius 2 is 1.70 bits per heavy atom. The van der Waals surface area contributed by atoms with Gasteiger partial charge in [-0.05, 0) is 36.2 Å². The van der Waals surface area contributed by atoms with Crippen LogP contribution in [0.5, 0.6) is 0 Å². The van der Waals surface area contributed by atoms with Crippen molar-refractivity contribution in [1.29, 1.82) is 0 Å². The molecule has 0 saturated heterocycles. The second kappa shape index (κ2) is 8.31. The fourth-order valence-corrected chi connectivity index (χ4v) is 2.89. The number of aromatic nitrogens is 2. The Kier molecular flexibility index (Phi) is 5.66. The van der Waals surface area contributed by atoms with Crippen LogP contribution < -0.4 is 10.6 Å². The van der Waals surface area contributed by atoms with E-state index in [0.29, 0.717) is 24.1 Å². The van der Waals surface area contributed by atoms with Crippen LogP contribution in [0.2, 0.25) is 0 Å². The number of para-hydroxylation sites is 1. The third-order valence-electron chi connectivity index (χ3n) is 4.35. The molecule has 0 bridgehead atoms. The summed E-state index contributed by atoms with van der Waals surface area (Å²) in [5.74, 6) is -0.295. The summed E-state index contributed by atoms with van der Waals surface area (Å²) < 4.78 is 1.80. The largest absolute Gasteiger partial charge is 0.355 e. The molecule has 3 rings (SSSR count). The van der Waals surface area contributed by atoms with Gasteiger partial charge in [-0.1, -0.05) is 37.3 Å². The summed E-state index contributed by atoms with van der Waals surface area (Å²) in [5, 5.41) is 9.89. The van der Waals surface area contributed by atoms with Gasteiger partial charge in [-0.2, -0.15) is 5.10 Å². The number of nitrogens with zero attached hydrogens (tertiary/aromatic N) is 2. The van der Waals surface area contributed by atoms with Gasteiger partial charge in [0.2, 0.25) is 0 Å². The topological polar surface area (TPSA) is 76.0 Å².